The number of carbonyl (C=O) groups excluding carboxylic acids is 4. The maximum atomic E-state index is 13.0. The van der Waals surface area contributed by atoms with Gasteiger partial charge in [-0.3, -0.25) is 37.3 Å². The molecule has 0 heterocycles. The predicted octanol–water partition coefficient (Wildman–Crippen LogP) is 18.6. The van der Waals surface area contributed by atoms with E-state index in [1.807, 2.05) is 0 Å². The lowest BCUT2D eigenvalue weighted by molar-refractivity contribution is -0.161. The first-order chi connectivity index (χ1) is 41.0. The highest BCUT2D eigenvalue weighted by molar-refractivity contribution is 7.47. The molecule has 504 valence electrons. The number of ether oxygens (including phenoxy) is 4. The van der Waals surface area contributed by atoms with Gasteiger partial charge in [-0.1, -0.05) is 285 Å². The van der Waals surface area contributed by atoms with Gasteiger partial charge in [0.1, 0.15) is 19.3 Å². The van der Waals surface area contributed by atoms with Crippen LogP contribution in [0, 0.1) is 5.92 Å². The molecule has 0 bridgehead atoms. The number of aliphatic hydroxyl groups is 1. The summed E-state index contributed by atoms with van der Waals surface area (Å²) < 4.78 is 67.9. The molecule has 0 saturated heterocycles. The maximum Gasteiger partial charge on any atom is 0.472 e. The van der Waals surface area contributed by atoms with Crippen molar-refractivity contribution in [2.45, 2.75) is 355 Å². The van der Waals surface area contributed by atoms with Crippen LogP contribution in [0.4, 0.5) is 0 Å². The molecule has 0 aromatic rings. The number of aliphatic hydroxyl groups excluding tert-OH is 1. The number of esters is 4. The van der Waals surface area contributed by atoms with Crippen LogP contribution in [-0.4, -0.2) is 96.7 Å². The van der Waals surface area contributed by atoms with E-state index in [1.165, 1.54) is 148 Å². The van der Waals surface area contributed by atoms with Gasteiger partial charge in [-0.15, -0.1) is 0 Å². The lowest BCUT2D eigenvalue weighted by Gasteiger charge is -2.21. The number of unbranched alkanes of at least 4 members (excludes halogenated alkanes) is 38. The standard InChI is InChI=1S/C66H128O17P2/c1-6-9-12-15-18-20-22-23-24-25-26-27-28-29-30-32-35-41-46-51-65(70)82-61(56-77-64(69)50-45-40-34-31-21-19-16-13-10-7-2)57-80-84(72,73)78-53-60(67)54-79-85(74,75)81-58-62(55-76-63(68)49-44-39-33-17-14-11-8-3)83-66(71)52-47-42-37-36-38-43-48-59(4)5/h59-62,67H,6-58H2,1-5H3,(H,72,73)(H,74,75)/t60-,61-,62-/m1/s1. The zero-order valence-electron chi connectivity index (χ0n) is 54.7. The Labute approximate surface area is 517 Å². The summed E-state index contributed by atoms with van der Waals surface area (Å²) in [4.78, 5) is 72.1. The molecular formula is C66H128O17P2. The molecule has 0 amide bonds. The zero-order chi connectivity index (χ0) is 62.8. The minimum absolute atomic E-state index is 0.102. The minimum Gasteiger partial charge on any atom is -0.462 e. The number of phosphoric ester groups is 2. The van der Waals surface area contributed by atoms with Crippen LogP contribution in [-0.2, 0) is 65.4 Å². The van der Waals surface area contributed by atoms with Crippen molar-refractivity contribution < 1.29 is 80.2 Å². The maximum absolute atomic E-state index is 13.0. The smallest absolute Gasteiger partial charge is 0.462 e. The zero-order valence-corrected chi connectivity index (χ0v) is 56.5. The fourth-order valence-electron chi connectivity index (χ4n) is 9.94. The number of hydrogen-bond acceptors (Lipinski definition) is 15. The van der Waals surface area contributed by atoms with Crippen molar-refractivity contribution in [1.82, 2.24) is 0 Å². The van der Waals surface area contributed by atoms with Gasteiger partial charge in [0.25, 0.3) is 0 Å². The van der Waals surface area contributed by atoms with Gasteiger partial charge in [-0.2, -0.15) is 0 Å². The van der Waals surface area contributed by atoms with Crippen molar-refractivity contribution in [3.05, 3.63) is 0 Å². The number of phosphoric acid groups is 2. The normalized spacial score (nSPS) is 14.2. The second kappa shape index (κ2) is 59.7. The van der Waals surface area contributed by atoms with Gasteiger partial charge < -0.3 is 33.8 Å². The molecule has 85 heavy (non-hydrogen) atoms. The predicted molar refractivity (Wildman–Crippen MR) is 340 cm³/mol. The summed E-state index contributed by atoms with van der Waals surface area (Å²) in [5, 5.41) is 10.5. The molecule has 3 N–H and O–H groups in total. The van der Waals surface area contributed by atoms with Crippen LogP contribution in [0.25, 0.3) is 0 Å². The molecule has 0 aromatic heterocycles. The van der Waals surface area contributed by atoms with E-state index in [2.05, 4.69) is 34.6 Å². The van der Waals surface area contributed by atoms with Crippen molar-refractivity contribution >= 4 is 39.5 Å². The first-order valence-electron chi connectivity index (χ1n) is 34.6. The van der Waals surface area contributed by atoms with Crippen molar-refractivity contribution in [2.24, 2.45) is 5.92 Å². The Morgan fingerprint density at radius 1 is 0.318 bits per heavy atom. The van der Waals surface area contributed by atoms with E-state index < -0.39 is 97.5 Å². The van der Waals surface area contributed by atoms with Gasteiger partial charge in [0.15, 0.2) is 12.2 Å². The molecular weight excluding hydrogens is 1130 g/mol. The Hall–Kier alpha value is -1.94. The van der Waals surface area contributed by atoms with Crippen LogP contribution >= 0.6 is 15.6 Å². The van der Waals surface area contributed by atoms with E-state index in [4.69, 9.17) is 37.0 Å². The van der Waals surface area contributed by atoms with Crippen LogP contribution in [0.1, 0.15) is 336 Å². The molecule has 0 aliphatic rings. The number of carbonyl (C=O) groups is 4. The topological polar surface area (TPSA) is 237 Å². The van der Waals surface area contributed by atoms with Crippen LogP contribution in [0.2, 0.25) is 0 Å². The van der Waals surface area contributed by atoms with E-state index >= 15 is 0 Å². The van der Waals surface area contributed by atoms with Gasteiger partial charge in [-0.25, -0.2) is 9.13 Å². The Kier molecular flexibility index (Phi) is 58.3. The van der Waals surface area contributed by atoms with E-state index in [1.54, 1.807) is 0 Å². The van der Waals surface area contributed by atoms with Gasteiger partial charge in [0, 0.05) is 25.7 Å². The molecule has 0 aromatic carbocycles. The summed E-state index contributed by atoms with van der Waals surface area (Å²) in [6, 6.07) is 0. The molecule has 2 unspecified atom stereocenters. The summed E-state index contributed by atoms with van der Waals surface area (Å²) in [5.74, 6) is -1.47. The Balaban J connectivity index is 5.14. The average Bonchev–Trinajstić information content (AvgIpc) is 3.60. The molecule has 0 spiro atoms. The SMILES string of the molecule is CCCCCCCCCCCCCCCCCCCCCC(=O)O[C@H](COC(=O)CCCCCCCCCCCC)COP(=O)(O)OC[C@@H](O)COP(=O)(O)OC[C@@H](COC(=O)CCCCCCCCC)OC(=O)CCCCCCCCC(C)C. The molecule has 0 aliphatic carbocycles. The molecule has 0 saturated carbocycles. The quantitative estimate of drug-likeness (QED) is 0.0222. The first-order valence-corrected chi connectivity index (χ1v) is 37.6. The van der Waals surface area contributed by atoms with E-state index in [0.717, 1.165) is 103 Å². The van der Waals surface area contributed by atoms with Crippen LogP contribution < -0.4 is 0 Å². The Bertz CT molecular complexity index is 1650. The van der Waals surface area contributed by atoms with Gasteiger partial charge in [0.05, 0.1) is 26.4 Å². The third-order valence-corrected chi connectivity index (χ3v) is 17.2. The van der Waals surface area contributed by atoms with Gasteiger partial charge in [-0.05, 0) is 31.6 Å². The summed E-state index contributed by atoms with van der Waals surface area (Å²) >= 11 is 0. The van der Waals surface area contributed by atoms with Crippen molar-refractivity contribution in [3.8, 4) is 0 Å². The molecule has 0 aliphatic heterocycles. The molecule has 0 radical (unpaired) electrons. The molecule has 17 nitrogen and oxygen atoms in total. The second-order valence-electron chi connectivity index (χ2n) is 24.3. The number of hydrogen-bond donors (Lipinski definition) is 3. The Morgan fingerprint density at radius 3 is 0.800 bits per heavy atom. The molecule has 5 atom stereocenters. The monoisotopic (exact) mass is 1250 g/mol. The van der Waals surface area contributed by atoms with Crippen LogP contribution in [0.3, 0.4) is 0 Å². The molecule has 0 fully saturated rings. The van der Waals surface area contributed by atoms with E-state index in [9.17, 15) is 43.2 Å². The van der Waals surface area contributed by atoms with Crippen LogP contribution in [0.5, 0.6) is 0 Å². The summed E-state index contributed by atoms with van der Waals surface area (Å²) in [7, 11) is -9.88. The van der Waals surface area contributed by atoms with Crippen molar-refractivity contribution in [3.63, 3.8) is 0 Å². The third kappa shape index (κ3) is 60.7. The Morgan fingerprint density at radius 2 is 0.541 bits per heavy atom. The summed E-state index contributed by atoms with van der Waals surface area (Å²) in [6.45, 7) is 7.07. The minimum atomic E-state index is -4.94. The third-order valence-electron chi connectivity index (χ3n) is 15.3. The molecule has 19 heteroatoms. The second-order valence-corrected chi connectivity index (χ2v) is 27.2. The summed E-state index contributed by atoms with van der Waals surface area (Å²) in [6.07, 6.45) is 44.8. The lowest BCUT2D eigenvalue weighted by atomic mass is 10.0. The average molecular weight is 1260 g/mol. The van der Waals surface area contributed by atoms with Crippen molar-refractivity contribution in [1.29, 1.82) is 0 Å². The van der Waals surface area contributed by atoms with Gasteiger partial charge >= 0.3 is 39.5 Å². The first kappa shape index (κ1) is 83.1. The fourth-order valence-corrected chi connectivity index (χ4v) is 11.5. The highest BCUT2D eigenvalue weighted by Gasteiger charge is 2.30. The van der Waals surface area contributed by atoms with Crippen LogP contribution in [0.15, 0.2) is 0 Å². The number of rotatable bonds is 66. The highest BCUT2D eigenvalue weighted by Crippen LogP contribution is 2.45. The van der Waals surface area contributed by atoms with E-state index in [0.29, 0.717) is 31.6 Å². The largest absolute Gasteiger partial charge is 0.472 e. The molecule has 0 rings (SSSR count). The van der Waals surface area contributed by atoms with E-state index in [-0.39, 0.29) is 25.7 Å². The highest BCUT2D eigenvalue weighted by atomic mass is 31.2. The van der Waals surface area contributed by atoms with Gasteiger partial charge in [0.2, 0.25) is 0 Å². The lowest BCUT2D eigenvalue weighted by Crippen LogP contribution is -2.30. The summed E-state index contributed by atoms with van der Waals surface area (Å²) in [5.41, 5.74) is 0. The van der Waals surface area contributed by atoms with Crippen molar-refractivity contribution in [2.75, 3.05) is 39.6 Å². The fraction of sp³-hybridized carbons (Fsp3) is 0.939.